The first-order chi connectivity index (χ1) is 14.5. The van der Waals surface area contributed by atoms with Gasteiger partial charge in [0, 0.05) is 37.9 Å². The van der Waals surface area contributed by atoms with Crippen LogP contribution < -0.4 is 5.73 Å². The van der Waals surface area contributed by atoms with Gasteiger partial charge in [-0.2, -0.15) is 13.2 Å². The Labute approximate surface area is 173 Å². The lowest BCUT2D eigenvalue weighted by molar-refractivity contribution is -0.192. The summed E-state index contributed by atoms with van der Waals surface area (Å²) in [5, 5.41) is 15.1. The number of halogens is 5. The SMILES string of the molecule is NCc1cn(CC2CCCN(C(=O)c3ccc(F)c(F)c3)C2)nn1.O=C(O)C(F)(F)F. The number of hydrogen-bond donors (Lipinski definition) is 2. The third-order valence-corrected chi connectivity index (χ3v) is 4.46. The second kappa shape index (κ2) is 10.3. The minimum Gasteiger partial charge on any atom is -0.475 e. The van der Waals surface area contributed by atoms with E-state index in [0.29, 0.717) is 26.2 Å². The summed E-state index contributed by atoms with van der Waals surface area (Å²) in [6.07, 6.45) is -1.45. The smallest absolute Gasteiger partial charge is 0.475 e. The van der Waals surface area contributed by atoms with Gasteiger partial charge in [0.05, 0.1) is 5.69 Å². The molecule has 1 aromatic heterocycles. The number of nitrogens with zero attached hydrogens (tertiary/aromatic N) is 4. The zero-order chi connectivity index (χ0) is 23.2. The highest BCUT2D eigenvalue weighted by Gasteiger charge is 2.38. The summed E-state index contributed by atoms with van der Waals surface area (Å²) in [6.45, 7) is 2.15. The molecule has 0 bridgehead atoms. The number of benzene rings is 1. The number of amides is 1. The predicted molar refractivity (Wildman–Crippen MR) is 96.6 cm³/mol. The zero-order valence-electron chi connectivity index (χ0n) is 16.1. The number of carbonyl (C=O) groups is 2. The number of nitrogens with two attached hydrogens (primary N) is 1. The Hall–Kier alpha value is -3.09. The zero-order valence-corrected chi connectivity index (χ0v) is 16.1. The van der Waals surface area contributed by atoms with Crippen LogP contribution in [0.15, 0.2) is 24.4 Å². The molecule has 1 fully saturated rings. The molecule has 3 rings (SSSR count). The summed E-state index contributed by atoms with van der Waals surface area (Å²) in [5.74, 6) is -4.76. The highest BCUT2D eigenvalue weighted by molar-refractivity contribution is 5.94. The van der Waals surface area contributed by atoms with Crippen LogP contribution >= 0.6 is 0 Å². The molecule has 1 aromatic carbocycles. The second-order valence-electron chi connectivity index (χ2n) is 6.83. The molecule has 13 heteroatoms. The van der Waals surface area contributed by atoms with Crippen LogP contribution in [0.25, 0.3) is 0 Å². The van der Waals surface area contributed by atoms with Gasteiger partial charge >= 0.3 is 12.1 Å². The van der Waals surface area contributed by atoms with Crippen LogP contribution in [0.5, 0.6) is 0 Å². The lowest BCUT2D eigenvalue weighted by Gasteiger charge is -2.32. The minimum absolute atomic E-state index is 0.167. The van der Waals surface area contributed by atoms with Gasteiger partial charge in [0.2, 0.25) is 0 Å². The maximum Gasteiger partial charge on any atom is 0.490 e. The van der Waals surface area contributed by atoms with E-state index in [1.54, 1.807) is 15.8 Å². The van der Waals surface area contributed by atoms with E-state index in [9.17, 15) is 26.7 Å². The topological polar surface area (TPSA) is 114 Å². The van der Waals surface area contributed by atoms with Crippen LogP contribution in [0.2, 0.25) is 0 Å². The van der Waals surface area contributed by atoms with Gasteiger partial charge in [-0.1, -0.05) is 5.21 Å². The standard InChI is InChI=1S/C16H19F2N5O.C2HF3O2/c17-14-4-3-12(6-15(14)18)16(24)22-5-1-2-11(8-22)9-23-10-13(7-19)20-21-23;3-2(4,5)1(6)7/h3-4,6,10-11H,1-2,5,7-9,19H2;(H,6,7). The Morgan fingerprint density at radius 2 is 1.90 bits per heavy atom. The van der Waals surface area contributed by atoms with Crippen LogP contribution in [0.1, 0.15) is 28.9 Å². The molecule has 2 aromatic rings. The Kier molecular flexibility index (Phi) is 8.02. The van der Waals surface area contributed by atoms with Gasteiger partial charge in [0.25, 0.3) is 5.91 Å². The largest absolute Gasteiger partial charge is 0.490 e. The summed E-state index contributed by atoms with van der Waals surface area (Å²) < 4.78 is 59.8. The van der Waals surface area contributed by atoms with Crippen LogP contribution in [-0.4, -0.2) is 56.1 Å². The van der Waals surface area contributed by atoms with Gasteiger partial charge in [-0.05, 0) is 37.0 Å². The molecule has 1 saturated heterocycles. The summed E-state index contributed by atoms with van der Waals surface area (Å²) in [6, 6.07) is 3.25. The highest BCUT2D eigenvalue weighted by atomic mass is 19.4. The molecular formula is C18H20F5N5O3. The van der Waals surface area contributed by atoms with Gasteiger partial charge in [0.1, 0.15) is 0 Å². The Balaban J connectivity index is 0.000000423. The molecule has 8 nitrogen and oxygen atoms in total. The van der Waals surface area contributed by atoms with Crippen molar-refractivity contribution in [3.05, 3.63) is 47.3 Å². The number of carbonyl (C=O) groups excluding carboxylic acids is 1. The first-order valence-corrected chi connectivity index (χ1v) is 9.14. The predicted octanol–water partition coefficient (Wildman–Crippen LogP) is 2.20. The number of likely N-dealkylation sites (tertiary alicyclic amines) is 1. The first-order valence-electron chi connectivity index (χ1n) is 9.14. The molecule has 0 radical (unpaired) electrons. The molecule has 0 saturated carbocycles. The maximum atomic E-state index is 13.3. The summed E-state index contributed by atoms with van der Waals surface area (Å²) in [4.78, 5) is 23.1. The van der Waals surface area contributed by atoms with Gasteiger partial charge in [-0.15, -0.1) is 5.10 Å². The molecule has 1 aliphatic rings. The molecule has 3 N–H and O–H groups in total. The Morgan fingerprint density at radius 1 is 1.23 bits per heavy atom. The maximum absolute atomic E-state index is 13.3. The molecule has 1 aliphatic heterocycles. The van der Waals surface area contributed by atoms with Crippen LogP contribution in [0, 0.1) is 17.6 Å². The van der Waals surface area contributed by atoms with Crippen molar-refractivity contribution in [2.24, 2.45) is 11.7 Å². The molecular weight excluding hydrogens is 429 g/mol. The number of carboxylic acids is 1. The van der Waals surface area contributed by atoms with Gasteiger partial charge in [0.15, 0.2) is 11.6 Å². The Bertz CT molecular complexity index is 918. The number of rotatable bonds is 4. The van der Waals surface area contributed by atoms with E-state index < -0.39 is 23.8 Å². The van der Waals surface area contributed by atoms with Gasteiger partial charge in [-0.3, -0.25) is 9.48 Å². The average Bonchev–Trinajstić information content (AvgIpc) is 3.17. The third-order valence-electron chi connectivity index (χ3n) is 4.46. The molecule has 2 heterocycles. The molecule has 1 amide bonds. The molecule has 0 aliphatic carbocycles. The van der Waals surface area contributed by atoms with E-state index in [-0.39, 0.29) is 17.4 Å². The number of piperidine rings is 1. The minimum atomic E-state index is -5.08. The van der Waals surface area contributed by atoms with Crippen molar-refractivity contribution in [2.45, 2.75) is 32.1 Å². The molecule has 1 unspecified atom stereocenters. The average molecular weight is 449 g/mol. The molecule has 170 valence electrons. The summed E-state index contributed by atoms with van der Waals surface area (Å²) >= 11 is 0. The van der Waals surface area contributed by atoms with Crippen LogP contribution in [0.4, 0.5) is 22.0 Å². The van der Waals surface area contributed by atoms with Crippen molar-refractivity contribution in [2.75, 3.05) is 13.1 Å². The first kappa shape index (κ1) is 24.2. The monoisotopic (exact) mass is 449 g/mol. The van der Waals surface area contributed by atoms with Crippen LogP contribution in [-0.2, 0) is 17.9 Å². The van der Waals surface area contributed by atoms with Gasteiger partial charge in [-0.25, -0.2) is 13.6 Å². The van der Waals surface area contributed by atoms with Crippen molar-refractivity contribution in [1.82, 2.24) is 19.9 Å². The number of carboxylic acid groups (broad SMARTS) is 1. The van der Waals surface area contributed by atoms with Crippen molar-refractivity contribution < 1.29 is 36.6 Å². The van der Waals surface area contributed by atoms with Gasteiger partial charge < -0.3 is 15.7 Å². The van der Waals surface area contributed by atoms with Crippen molar-refractivity contribution in [3.63, 3.8) is 0 Å². The quantitative estimate of drug-likeness (QED) is 0.692. The number of aromatic nitrogens is 3. The third kappa shape index (κ3) is 6.98. The van der Waals surface area contributed by atoms with E-state index in [2.05, 4.69) is 10.3 Å². The summed E-state index contributed by atoms with van der Waals surface area (Å²) in [5.41, 5.74) is 6.41. The molecule has 1 atom stereocenters. The normalized spacial score (nSPS) is 16.5. The Morgan fingerprint density at radius 3 is 2.45 bits per heavy atom. The van der Waals surface area contributed by atoms with E-state index in [1.807, 2.05) is 0 Å². The van der Waals surface area contributed by atoms with Crippen molar-refractivity contribution >= 4 is 11.9 Å². The second-order valence-corrected chi connectivity index (χ2v) is 6.83. The number of alkyl halides is 3. The van der Waals surface area contributed by atoms with E-state index in [0.717, 1.165) is 30.7 Å². The van der Waals surface area contributed by atoms with E-state index in [1.165, 1.54) is 6.07 Å². The van der Waals surface area contributed by atoms with Crippen molar-refractivity contribution in [1.29, 1.82) is 0 Å². The molecule has 0 spiro atoms. The molecule has 31 heavy (non-hydrogen) atoms. The fourth-order valence-electron chi connectivity index (χ4n) is 3.00. The van der Waals surface area contributed by atoms with E-state index >= 15 is 0 Å². The number of hydrogen-bond acceptors (Lipinski definition) is 5. The fraction of sp³-hybridized carbons (Fsp3) is 0.444. The lowest BCUT2D eigenvalue weighted by Crippen LogP contribution is -2.41. The van der Waals surface area contributed by atoms with E-state index in [4.69, 9.17) is 15.6 Å². The van der Waals surface area contributed by atoms with Crippen molar-refractivity contribution in [3.8, 4) is 0 Å². The lowest BCUT2D eigenvalue weighted by atomic mass is 9.97. The summed E-state index contributed by atoms with van der Waals surface area (Å²) in [7, 11) is 0. The van der Waals surface area contributed by atoms with Crippen LogP contribution in [0.3, 0.4) is 0 Å². The fourth-order valence-corrected chi connectivity index (χ4v) is 3.00. The highest BCUT2D eigenvalue weighted by Crippen LogP contribution is 2.21. The number of aliphatic carboxylic acids is 1.